The molecule has 120 valence electrons. The smallest absolute Gasteiger partial charge is 0.224 e. The zero-order valence-electron chi connectivity index (χ0n) is 13.0. The molecular formula is C18H17Cl2NO2. The van der Waals surface area contributed by atoms with Crippen LogP contribution in [0.5, 0.6) is 0 Å². The summed E-state index contributed by atoms with van der Waals surface area (Å²) in [6.07, 6.45) is 0.281. The second-order valence-electron chi connectivity index (χ2n) is 5.42. The summed E-state index contributed by atoms with van der Waals surface area (Å²) in [5.74, 6) is -0.270. The molecule has 1 N–H and O–H groups in total. The molecule has 2 aromatic carbocycles. The van der Waals surface area contributed by atoms with Crippen molar-refractivity contribution in [2.75, 3.05) is 5.32 Å². The average molecular weight is 350 g/mol. The summed E-state index contributed by atoms with van der Waals surface area (Å²) in [4.78, 5) is 24.2. The minimum atomic E-state index is -0.235. The summed E-state index contributed by atoms with van der Waals surface area (Å²) in [6.45, 7) is 3.88. The van der Waals surface area contributed by atoms with Crippen LogP contribution in [-0.2, 0) is 4.79 Å². The molecule has 23 heavy (non-hydrogen) atoms. The van der Waals surface area contributed by atoms with Crippen molar-refractivity contribution in [1.82, 2.24) is 0 Å². The van der Waals surface area contributed by atoms with Crippen molar-refractivity contribution in [2.24, 2.45) is 0 Å². The van der Waals surface area contributed by atoms with Gasteiger partial charge in [0.05, 0.1) is 10.0 Å². The van der Waals surface area contributed by atoms with Gasteiger partial charge in [0.15, 0.2) is 5.78 Å². The van der Waals surface area contributed by atoms with Crippen LogP contribution < -0.4 is 5.32 Å². The molecule has 0 spiro atoms. The number of carbonyl (C=O) groups excluding carboxylic acids is 2. The largest absolute Gasteiger partial charge is 0.326 e. The minimum Gasteiger partial charge on any atom is -0.326 e. The molecule has 0 aliphatic carbocycles. The van der Waals surface area contributed by atoms with Crippen LogP contribution in [0.3, 0.4) is 0 Å². The summed E-state index contributed by atoms with van der Waals surface area (Å²) < 4.78 is 0. The topological polar surface area (TPSA) is 46.2 Å². The van der Waals surface area contributed by atoms with Gasteiger partial charge in [-0.15, -0.1) is 0 Å². The van der Waals surface area contributed by atoms with Gasteiger partial charge in [0, 0.05) is 24.1 Å². The number of hydrogen-bond donors (Lipinski definition) is 1. The molecule has 0 radical (unpaired) electrons. The number of amides is 1. The van der Waals surface area contributed by atoms with Crippen LogP contribution in [0.1, 0.15) is 34.3 Å². The highest BCUT2D eigenvalue weighted by Crippen LogP contribution is 2.25. The Morgan fingerprint density at radius 2 is 1.70 bits per heavy atom. The van der Waals surface area contributed by atoms with E-state index in [4.69, 9.17) is 23.2 Å². The Labute approximate surface area is 145 Å². The Kier molecular flexibility index (Phi) is 5.80. The number of halogens is 2. The van der Waals surface area contributed by atoms with Gasteiger partial charge in [-0.2, -0.15) is 0 Å². The molecule has 0 fully saturated rings. The lowest BCUT2D eigenvalue weighted by Crippen LogP contribution is -2.14. The summed E-state index contributed by atoms with van der Waals surface area (Å²) in [5.41, 5.74) is 3.26. The fourth-order valence-corrected chi connectivity index (χ4v) is 2.58. The third kappa shape index (κ3) is 4.81. The van der Waals surface area contributed by atoms with E-state index in [-0.39, 0.29) is 24.5 Å². The standard InChI is InChI=1S/C18H17Cl2NO2/c1-11-3-5-14(12(2)9-11)17(22)7-8-18(23)21-13-4-6-15(19)16(20)10-13/h3-6,9-10H,7-8H2,1-2H3,(H,21,23). The van der Waals surface area contributed by atoms with Gasteiger partial charge in [-0.3, -0.25) is 9.59 Å². The summed E-state index contributed by atoms with van der Waals surface area (Å²) in [5, 5.41) is 3.50. The van der Waals surface area contributed by atoms with Gasteiger partial charge in [-0.1, -0.05) is 47.0 Å². The van der Waals surface area contributed by atoms with E-state index in [0.29, 0.717) is 21.3 Å². The maximum Gasteiger partial charge on any atom is 0.224 e. The fraction of sp³-hybridized carbons (Fsp3) is 0.222. The van der Waals surface area contributed by atoms with Crippen molar-refractivity contribution >= 4 is 40.6 Å². The Hall–Kier alpha value is -1.84. The van der Waals surface area contributed by atoms with Crippen LogP contribution >= 0.6 is 23.2 Å². The SMILES string of the molecule is Cc1ccc(C(=O)CCC(=O)Nc2ccc(Cl)c(Cl)c2)c(C)c1. The van der Waals surface area contributed by atoms with Gasteiger partial charge in [0.2, 0.25) is 5.91 Å². The number of ketones is 1. The van der Waals surface area contributed by atoms with Crippen LogP contribution in [-0.4, -0.2) is 11.7 Å². The third-order valence-electron chi connectivity index (χ3n) is 3.46. The Bertz CT molecular complexity index is 757. The van der Waals surface area contributed by atoms with Crippen LogP contribution in [0.25, 0.3) is 0 Å². The van der Waals surface area contributed by atoms with Crippen molar-refractivity contribution in [1.29, 1.82) is 0 Å². The van der Waals surface area contributed by atoms with Gasteiger partial charge in [-0.25, -0.2) is 0 Å². The summed E-state index contributed by atoms with van der Waals surface area (Å²) in [6, 6.07) is 10.5. The molecule has 0 aliphatic rings. The average Bonchev–Trinajstić information content (AvgIpc) is 2.48. The van der Waals surface area contributed by atoms with Crippen molar-refractivity contribution in [3.8, 4) is 0 Å². The Morgan fingerprint density at radius 3 is 2.35 bits per heavy atom. The first kappa shape index (κ1) is 17.5. The lowest BCUT2D eigenvalue weighted by atomic mass is 9.99. The van der Waals surface area contributed by atoms with E-state index < -0.39 is 0 Å². The molecule has 0 atom stereocenters. The minimum absolute atomic E-state index is 0.0354. The van der Waals surface area contributed by atoms with Crippen molar-refractivity contribution in [3.05, 3.63) is 63.1 Å². The van der Waals surface area contributed by atoms with E-state index in [9.17, 15) is 9.59 Å². The van der Waals surface area contributed by atoms with Crippen molar-refractivity contribution < 1.29 is 9.59 Å². The molecule has 0 saturated heterocycles. The highest BCUT2D eigenvalue weighted by molar-refractivity contribution is 6.42. The predicted molar refractivity (Wildman–Crippen MR) is 94.6 cm³/mol. The zero-order chi connectivity index (χ0) is 17.0. The maximum atomic E-state index is 12.2. The lowest BCUT2D eigenvalue weighted by molar-refractivity contribution is -0.116. The molecule has 0 bridgehead atoms. The molecule has 0 saturated carbocycles. The monoisotopic (exact) mass is 349 g/mol. The molecule has 5 heteroatoms. The van der Waals surface area contributed by atoms with E-state index in [1.807, 2.05) is 32.0 Å². The first-order valence-corrected chi connectivity index (χ1v) is 7.98. The van der Waals surface area contributed by atoms with E-state index in [2.05, 4.69) is 5.32 Å². The van der Waals surface area contributed by atoms with Crippen LogP contribution in [0, 0.1) is 13.8 Å². The number of rotatable bonds is 5. The molecule has 3 nitrogen and oxygen atoms in total. The number of aryl methyl sites for hydroxylation is 2. The van der Waals surface area contributed by atoms with E-state index in [1.54, 1.807) is 18.2 Å². The van der Waals surface area contributed by atoms with Gasteiger partial charge >= 0.3 is 0 Å². The summed E-state index contributed by atoms with van der Waals surface area (Å²) in [7, 11) is 0. The second-order valence-corrected chi connectivity index (χ2v) is 6.23. The lowest BCUT2D eigenvalue weighted by Gasteiger charge is -2.08. The van der Waals surface area contributed by atoms with Gasteiger partial charge in [0.25, 0.3) is 0 Å². The Morgan fingerprint density at radius 1 is 0.957 bits per heavy atom. The number of carbonyl (C=O) groups is 2. The van der Waals surface area contributed by atoms with Crippen LogP contribution in [0.2, 0.25) is 10.0 Å². The quantitative estimate of drug-likeness (QED) is 0.752. The number of anilines is 1. The Balaban J connectivity index is 1.93. The molecular weight excluding hydrogens is 333 g/mol. The number of hydrogen-bond acceptors (Lipinski definition) is 2. The molecule has 2 aromatic rings. The van der Waals surface area contributed by atoms with Crippen molar-refractivity contribution in [3.63, 3.8) is 0 Å². The number of nitrogens with one attached hydrogen (secondary N) is 1. The number of Topliss-reactive ketones (excluding diaryl/α,β-unsaturated/α-hetero) is 1. The molecule has 0 heterocycles. The van der Waals surface area contributed by atoms with E-state index >= 15 is 0 Å². The molecule has 1 amide bonds. The second kappa shape index (κ2) is 7.62. The van der Waals surface area contributed by atoms with Crippen LogP contribution in [0.4, 0.5) is 5.69 Å². The zero-order valence-corrected chi connectivity index (χ0v) is 14.5. The first-order valence-electron chi connectivity index (χ1n) is 7.22. The first-order chi connectivity index (χ1) is 10.9. The predicted octanol–water partition coefficient (Wildman–Crippen LogP) is 5.21. The number of benzene rings is 2. The summed E-state index contributed by atoms with van der Waals surface area (Å²) >= 11 is 11.7. The third-order valence-corrected chi connectivity index (χ3v) is 4.20. The maximum absolute atomic E-state index is 12.2. The normalized spacial score (nSPS) is 10.4. The van der Waals surface area contributed by atoms with Crippen LogP contribution in [0.15, 0.2) is 36.4 Å². The molecule has 0 unspecified atom stereocenters. The van der Waals surface area contributed by atoms with E-state index in [1.165, 1.54) is 0 Å². The highest BCUT2D eigenvalue weighted by atomic mass is 35.5. The van der Waals surface area contributed by atoms with Crippen molar-refractivity contribution in [2.45, 2.75) is 26.7 Å². The molecule has 2 rings (SSSR count). The van der Waals surface area contributed by atoms with E-state index in [0.717, 1.165) is 11.1 Å². The highest BCUT2D eigenvalue weighted by Gasteiger charge is 2.12. The van der Waals surface area contributed by atoms with Gasteiger partial charge in [0.1, 0.15) is 0 Å². The molecule has 0 aliphatic heterocycles. The van der Waals surface area contributed by atoms with Gasteiger partial charge in [-0.05, 0) is 37.6 Å². The molecule has 0 aromatic heterocycles. The van der Waals surface area contributed by atoms with Gasteiger partial charge < -0.3 is 5.32 Å². The fourth-order valence-electron chi connectivity index (χ4n) is 2.29.